The molecule has 0 spiro atoms. The van der Waals surface area contributed by atoms with Crippen LogP contribution in [0.1, 0.15) is 24.1 Å². The first kappa shape index (κ1) is 19.5. The standard InChI is InChI=1S/C21H21N5O2S2/c1-14-5-2-8-25-18(27)11-15(22-19(14)25)13-30-21-24-23-20(17-7-4-10-29-17)26(21)12-16-6-3-9-28-16/h2,4-5,7-8,10-11,16H,3,6,9,12-13H2,1H3/t16-/m0/s1. The third-order valence-electron chi connectivity index (χ3n) is 5.16. The highest BCUT2D eigenvalue weighted by Crippen LogP contribution is 2.30. The Balaban J connectivity index is 1.44. The molecule has 0 N–H and O–H groups in total. The van der Waals surface area contributed by atoms with Crippen LogP contribution in [-0.4, -0.2) is 36.9 Å². The van der Waals surface area contributed by atoms with Crippen LogP contribution in [0.25, 0.3) is 16.3 Å². The van der Waals surface area contributed by atoms with Gasteiger partial charge in [0.15, 0.2) is 11.0 Å². The summed E-state index contributed by atoms with van der Waals surface area (Å²) in [7, 11) is 0. The topological polar surface area (TPSA) is 74.3 Å². The molecular formula is C21H21N5O2S2. The summed E-state index contributed by atoms with van der Waals surface area (Å²) < 4.78 is 9.58. The summed E-state index contributed by atoms with van der Waals surface area (Å²) in [6.07, 6.45) is 4.08. The van der Waals surface area contributed by atoms with Crippen molar-refractivity contribution in [3.8, 4) is 10.7 Å². The quantitative estimate of drug-likeness (QED) is 0.426. The molecule has 0 aromatic carbocycles. The summed E-state index contributed by atoms with van der Waals surface area (Å²) in [4.78, 5) is 18.3. The number of thiophene rings is 1. The summed E-state index contributed by atoms with van der Waals surface area (Å²) in [6, 6.07) is 9.50. The van der Waals surface area contributed by atoms with Crippen LogP contribution in [0, 0.1) is 6.92 Å². The number of hydrogen-bond acceptors (Lipinski definition) is 7. The monoisotopic (exact) mass is 439 g/mol. The Bertz CT molecular complexity index is 1230. The first-order chi connectivity index (χ1) is 14.7. The molecule has 1 saturated heterocycles. The molecule has 30 heavy (non-hydrogen) atoms. The molecule has 0 aliphatic carbocycles. The van der Waals surface area contributed by atoms with Crippen molar-refractivity contribution < 1.29 is 4.74 Å². The molecule has 154 valence electrons. The smallest absolute Gasteiger partial charge is 0.258 e. The van der Waals surface area contributed by atoms with Gasteiger partial charge in [0.2, 0.25) is 0 Å². The van der Waals surface area contributed by atoms with E-state index in [-0.39, 0.29) is 11.7 Å². The van der Waals surface area contributed by atoms with Crippen molar-refractivity contribution >= 4 is 28.7 Å². The summed E-state index contributed by atoms with van der Waals surface area (Å²) >= 11 is 3.20. The second kappa shape index (κ2) is 8.33. The van der Waals surface area contributed by atoms with Crippen LogP contribution in [0.2, 0.25) is 0 Å². The number of nitrogens with zero attached hydrogens (tertiary/aromatic N) is 5. The Morgan fingerprint density at radius 2 is 2.23 bits per heavy atom. The minimum absolute atomic E-state index is 0.0700. The molecule has 5 rings (SSSR count). The van der Waals surface area contributed by atoms with Gasteiger partial charge in [0.25, 0.3) is 5.56 Å². The molecule has 0 bridgehead atoms. The maximum atomic E-state index is 12.5. The highest BCUT2D eigenvalue weighted by molar-refractivity contribution is 7.98. The molecule has 1 aliphatic rings. The average Bonchev–Trinajstić information content (AvgIpc) is 3.50. The fourth-order valence-electron chi connectivity index (χ4n) is 3.66. The molecule has 0 amide bonds. The molecule has 9 heteroatoms. The number of pyridine rings is 1. The van der Waals surface area contributed by atoms with Crippen molar-refractivity contribution in [3.05, 3.63) is 63.5 Å². The van der Waals surface area contributed by atoms with Crippen LogP contribution >= 0.6 is 23.1 Å². The zero-order valence-electron chi connectivity index (χ0n) is 16.5. The van der Waals surface area contributed by atoms with Gasteiger partial charge < -0.3 is 4.74 Å². The number of ether oxygens (including phenoxy) is 1. The molecule has 1 aliphatic heterocycles. The third-order valence-corrected chi connectivity index (χ3v) is 7.02. The van der Waals surface area contributed by atoms with E-state index in [0.29, 0.717) is 11.4 Å². The number of rotatable bonds is 6. The summed E-state index contributed by atoms with van der Waals surface area (Å²) in [6.45, 7) is 3.51. The van der Waals surface area contributed by atoms with Gasteiger partial charge in [-0.05, 0) is 42.8 Å². The van der Waals surface area contributed by atoms with E-state index in [9.17, 15) is 4.79 Å². The number of hydrogen-bond donors (Lipinski definition) is 0. The minimum atomic E-state index is -0.0700. The second-order valence-electron chi connectivity index (χ2n) is 7.29. The normalized spacial score (nSPS) is 16.5. The van der Waals surface area contributed by atoms with Gasteiger partial charge in [-0.1, -0.05) is 23.9 Å². The van der Waals surface area contributed by atoms with Crippen molar-refractivity contribution in [1.29, 1.82) is 0 Å². The maximum Gasteiger partial charge on any atom is 0.258 e. The van der Waals surface area contributed by atoms with Crippen LogP contribution in [0.5, 0.6) is 0 Å². The second-order valence-corrected chi connectivity index (χ2v) is 9.18. The van der Waals surface area contributed by atoms with E-state index in [1.165, 1.54) is 0 Å². The lowest BCUT2D eigenvalue weighted by molar-refractivity contribution is 0.0953. The maximum absolute atomic E-state index is 12.5. The first-order valence-corrected chi connectivity index (χ1v) is 11.7. The molecular weight excluding hydrogens is 418 g/mol. The number of aromatic nitrogens is 5. The zero-order valence-corrected chi connectivity index (χ0v) is 18.2. The number of fused-ring (bicyclic) bond motifs is 1. The Hall–Kier alpha value is -2.49. The highest BCUT2D eigenvalue weighted by atomic mass is 32.2. The molecule has 7 nitrogen and oxygen atoms in total. The summed E-state index contributed by atoms with van der Waals surface area (Å²) in [5, 5.41) is 11.8. The Labute approximate surface area is 181 Å². The van der Waals surface area contributed by atoms with Crippen LogP contribution < -0.4 is 5.56 Å². The van der Waals surface area contributed by atoms with E-state index in [4.69, 9.17) is 9.72 Å². The van der Waals surface area contributed by atoms with Crippen molar-refractivity contribution in [1.82, 2.24) is 24.1 Å². The molecule has 4 aromatic heterocycles. The van der Waals surface area contributed by atoms with Crippen LogP contribution in [0.4, 0.5) is 0 Å². The van der Waals surface area contributed by atoms with Crippen molar-refractivity contribution in [3.63, 3.8) is 0 Å². The van der Waals surface area contributed by atoms with Crippen molar-refractivity contribution in [2.45, 2.75) is 43.3 Å². The molecule has 1 atom stereocenters. The lowest BCUT2D eigenvalue weighted by Gasteiger charge is -2.14. The predicted octanol–water partition coefficient (Wildman–Crippen LogP) is 3.79. The predicted molar refractivity (Wildman–Crippen MR) is 118 cm³/mol. The molecule has 1 fully saturated rings. The number of aryl methyl sites for hydroxylation is 1. The lowest BCUT2D eigenvalue weighted by atomic mass is 10.2. The van der Waals surface area contributed by atoms with Gasteiger partial charge in [-0.2, -0.15) is 0 Å². The van der Waals surface area contributed by atoms with Crippen LogP contribution in [-0.2, 0) is 17.0 Å². The largest absolute Gasteiger partial charge is 0.376 e. The molecule has 0 saturated carbocycles. The molecule has 0 radical (unpaired) electrons. The SMILES string of the molecule is Cc1cccn2c(=O)cc(CSc3nnc(-c4cccs4)n3C[C@@H]3CCCO3)nc12. The highest BCUT2D eigenvalue weighted by Gasteiger charge is 2.22. The average molecular weight is 440 g/mol. The van der Waals surface area contributed by atoms with E-state index in [2.05, 4.69) is 20.8 Å². The Morgan fingerprint density at radius 1 is 1.30 bits per heavy atom. The van der Waals surface area contributed by atoms with E-state index in [1.807, 2.05) is 30.5 Å². The summed E-state index contributed by atoms with van der Waals surface area (Å²) in [5.74, 6) is 1.42. The van der Waals surface area contributed by atoms with Gasteiger partial charge in [-0.15, -0.1) is 21.5 Å². The zero-order chi connectivity index (χ0) is 20.5. The van der Waals surface area contributed by atoms with E-state index >= 15 is 0 Å². The van der Waals surface area contributed by atoms with Gasteiger partial charge in [-0.3, -0.25) is 13.8 Å². The van der Waals surface area contributed by atoms with Gasteiger partial charge in [0.1, 0.15) is 5.65 Å². The van der Waals surface area contributed by atoms with E-state index in [1.54, 1.807) is 39.8 Å². The number of thioether (sulfide) groups is 1. The fourth-order valence-corrected chi connectivity index (χ4v) is 5.22. The Morgan fingerprint density at radius 3 is 3.03 bits per heavy atom. The third kappa shape index (κ3) is 3.80. The van der Waals surface area contributed by atoms with Crippen LogP contribution in [0.3, 0.4) is 0 Å². The molecule has 5 heterocycles. The molecule has 0 unspecified atom stereocenters. The van der Waals surface area contributed by atoms with Crippen molar-refractivity contribution in [2.24, 2.45) is 0 Å². The van der Waals surface area contributed by atoms with E-state index in [0.717, 1.165) is 53.1 Å². The molecule has 4 aromatic rings. The summed E-state index contributed by atoms with van der Waals surface area (Å²) in [5.41, 5.74) is 2.34. The van der Waals surface area contributed by atoms with E-state index < -0.39 is 0 Å². The minimum Gasteiger partial charge on any atom is -0.376 e. The van der Waals surface area contributed by atoms with Crippen molar-refractivity contribution in [2.75, 3.05) is 6.61 Å². The first-order valence-electron chi connectivity index (χ1n) is 9.88. The van der Waals surface area contributed by atoms with Gasteiger partial charge in [-0.25, -0.2) is 4.98 Å². The van der Waals surface area contributed by atoms with Gasteiger partial charge in [0.05, 0.1) is 23.2 Å². The fraction of sp³-hybridized carbons (Fsp3) is 0.333. The van der Waals surface area contributed by atoms with Gasteiger partial charge >= 0.3 is 0 Å². The Kier molecular flexibility index (Phi) is 5.41. The van der Waals surface area contributed by atoms with Crippen LogP contribution in [0.15, 0.2) is 51.9 Å². The lowest BCUT2D eigenvalue weighted by Crippen LogP contribution is -2.17. The van der Waals surface area contributed by atoms with Gasteiger partial charge in [0, 0.05) is 24.6 Å².